The number of nitrogens with two attached hydrogens (primary N) is 1. The number of carbonyl (C=O) groups is 2. The van der Waals surface area contributed by atoms with Crippen LogP contribution in [0.1, 0.15) is 33.4 Å². The summed E-state index contributed by atoms with van der Waals surface area (Å²) in [6, 6.07) is 12.1. The van der Waals surface area contributed by atoms with E-state index in [1.807, 2.05) is 0 Å². The van der Waals surface area contributed by atoms with Crippen LogP contribution in [0.15, 0.2) is 65.5 Å². The average Bonchev–Trinajstić information content (AvgIpc) is 3.36. The molecule has 4 rings (SSSR count). The standard InChI is InChI=1S/C27H22F4N6O6/c1-41-19-11-16(17(28)12-20(19)42-2)21(34-14-9-7-13(8-10-14)22(32)33)23-35-26(40)37(36-23)18-6-4-3-5-15(18)24(38)43-25(39)27(29,30)31/h3-12,21,34H,1-2H3,(H3,32,33)(H,35,36,40). The first-order chi connectivity index (χ1) is 20.3. The van der Waals surface area contributed by atoms with Crippen molar-refractivity contribution < 1.29 is 41.4 Å². The second-order valence-corrected chi connectivity index (χ2v) is 8.72. The third-order valence-corrected chi connectivity index (χ3v) is 6.00. The quantitative estimate of drug-likeness (QED) is 0.0735. The molecule has 0 aliphatic heterocycles. The summed E-state index contributed by atoms with van der Waals surface area (Å²) < 4.78 is 68.5. The van der Waals surface area contributed by atoms with Crippen molar-refractivity contribution in [2.45, 2.75) is 12.2 Å². The number of hydrogen-bond acceptors (Lipinski definition) is 9. The smallest absolute Gasteiger partial charge is 0.491 e. The molecule has 1 heterocycles. The summed E-state index contributed by atoms with van der Waals surface area (Å²) in [6.45, 7) is 0. The highest BCUT2D eigenvalue weighted by Gasteiger charge is 2.43. The van der Waals surface area contributed by atoms with E-state index >= 15 is 4.39 Å². The zero-order chi connectivity index (χ0) is 31.5. The Hall–Kier alpha value is -5.67. The Morgan fingerprint density at radius 2 is 1.67 bits per heavy atom. The van der Waals surface area contributed by atoms with Crippen LogP contribution in [-0.4, -0.2) is 52.9 Å². The lowest BCUT2D eigenvalue weighted by Crippen LogP contribution is -2.29. The van der Waals surface area contributed by atoms with Gasteiger partial charge in [0.1, 0.15) is 17.7 Å². The minimum atomic E-state index is -5.44. The summed E-state index contributed by atoms with van der Waals surface area (Å²) >= 11 is 0. The normalized spacial score (nSPS) is 11.9. The second kappa shape index (κ2) is 12.1. The van der Waals surface area contributed by atoms with E-state index in [1.165, 1.54) is 50.6 Å². The number of nitrogens with zero attached hydrogens (tertiary/aromatic N) is 2. The van der Waals surface area contributed by atoms with Crippen LogP contribution in [0.4, 0.5) is 23.2 Å². The first-order valence-corrected chi connectivity index (χ1v) is 12.1. The summed E-state index contributed by atoms with van der Waals surface area (Å²) in [5, 5.41) is 14.8. The van der Waals surface area contributed by atoms with Crippen LogP contribution in [0.25, 0.3) is 5.69 Å². The third-order valence-electron chi connectivity index (χ3n) is 6.00. The van der Waals surface area contributed by atoms with Crippen molar-refractivity contribution in [3.8, 4) is 17.2 Å². The number of methoxy groups -OCH3 is 2. The number of carbonyl (C=O) groups excluding carboxylic acids is 2. The van der Waals surface area contributed by atoms with Crippen molar-refractivity contribution in [2.24, 2.45) is 5.73 Å². The summed E-state index contributed by atoms with van der Waals surface area (Å²) in [7, 11) is 2.64. The number of rotatable bonds is 9. The fraction of sp³-hybridized carbons (Fsp3) is 0.148. The van der Waals surface area contributed by atoms with E-state index in [9.17, 15) is 27.6 Å². The first-order valence-electron chi connectivity index (χ1n) is 12.1. The molecule has 1 atom stereocenters. The number of H-pyrrole nitrogens is 1. The third kappa shape index (κ3) is 6.47. The minimum absolute atomic E-state index is 0.0716. The molecule has 0 saturated carbocycles. The van der Waals surface area contributed by atoms with Gasteiger partial charge in [0.05, 0.1) is 25.5 Å². The Kier molecular flexibility index (Phi) is 8.49. The highest BCUT2D eigenvalue weighted by atomic mass is 19.4. The summed E-state index contributed by atoms with van der Waals surface area (Å²) in [4.78, 5) is 39.2. The number of aromatic amines is 1. The molecule has 16 heteroatoms. The average molecular weight is 603 g/mol. The fourth-order valence-electron chi connectivity index (χ4n) is 3.96. The maximum absolute atomic E-state index is 15.4. The van der Waals surface area contributed by atoms with Gasteiger partial charge in [-0.05, 0) is 42.5 Å². The van der Waals surface area contributed by atoms with Crippen molar-refractivity contribution in [3.05, 3.63) is 99.5 Å². The van der Waals surface area contributed by atoms with E-state index in [2.05, 4.69) is 20.1 Å². The van der Waals surface area contributed by atoms with Crippen molar-refractivity contribution in [2.75, 3.05) is 19.5 Å². The van der Waals surface area contributed by atoms with Gasteiger partial charge in [-0.3, -0.25) is 10.4 Å². The molecule has 0 radical (unpaired) electrons. The maximum Gasteiger partial charge on any atom is 0.491 e. The molecular formula is C27H22F4N6O6. The Balaban J connectivity index is 1.82. The molecule has 0 fully saturated rings. The SMILES string of the molecule is COc1cc(F)c(C(Nc2ccc(C(=N)N)cc2)c2nn(-c3ccccc3C(=O)OC(=O)C(F)(F)F)c(=O)[nH]2)cc1OC. The molecule has 1 unspecified atom stereocenters. The van der Waals surface area contributed by atoms with Crippen LogP contribution in [0, 0.1) is 11.2 Å². The van der Waals surface area contributed by atoms with Gasteiger partial charge in [0.15, 0.2) is 17.3 Å². The molecule has 5 N–H and O–H groups in total. The number of aromatic nitrogens is 3. The number of hydrogen-bond donors (Lipinski definition) is 4. The van der Waals surface area contributed by atoms with Crippen molar-refractivity contribution in [1.82, 2.24) is 14.8 Å². The molecule has 0 amide bonds. The van der Waals surface area contributed by atoms with Crippen LogP contribution in [0.5, 0.6) is 11.5 Å². The Bertz CT molecular complexity index is 1750. The number of benzene rings is 3. The van der Waals surface area contributed by atoms with Gasteiger partial charge in [-0.25, -0.2) is 18.8 Å². The van der Waals surface area contributed by atoms with Crippen LogP contribution in [-0.2, 0) is 9.53 Å². The maximum atomic E-state index is 15.4. The van der Waals surface area contributed by atoms with E-state index < -0.39 is 41.2 Å². The minimum Gasteiger partial charge on any atom is -0.493 e. The molecule has 4 aromatic rings. The number of ether oxygens (including phenoxy) is 3. The lowest BCUT2D eigenvalue weighted by atomic mass is 10.0. The van der Waals surface area contributed by atoms with E-state index in [4.69, 9.17) is 20.6 Å². The molecular weight excluding hydrogens is 580 g/mol. The van der Waals surface area contributed by atoms with Crippen LogP contribution >= 0.6 is 0 Å². The van der Waals surface area contributed by atoms with Crippen molar-refractivity contribution in [3.63, 3.8) is 0 Å². The molecule has 43 heavy (non-hydrogen) atoms. The van der Waals surface area contributed by atoms with Gasteiger partial charge in [-0.15, -0.1) is 5.10 Å². The number of anilines is 1. The first kappa shape index (κ1) is 30.3. The zero-order valence-electron chi connectivity index (χ0n) is 22.3. The monoisotopic (exact) mass is 602 g/mol. The Labute approximate surface area is 239 Å². The predicted molar refractivity (Wildman–Crippen MR) is 143 cm³/mol. The van der Waals surface area contributed by atoms with Crippen molar-refractivity contribution >= 4 is 23.5 Å². The number of para-hydroxylation sites is 1. The number of alkyl halides is 3. The van der Waals surface area contributed by atoms with Crippen LogP contribution in [0.3, 0.4) is 0 Å². The van der Waals surface area contributed by atoms with Gasteiger partial charge < -0.3 is 25.3 Å². The zero-order valence-corrected chi connectivity index (χ0v) is 22.3. The van der Waals surface area contributed by atoms with Gasteiger partial charge in [-0.1, -0.05) is 12.1 Å². The summed E-state index contributed by atoms with van der Waals surface area (Å²) in [5.41, 5.74) is 4.36. The fourth-order valence-corrected chi connectivity index (χ4v) is 3.96. The number of nitrogens with one attached hydrogen (secondary N) is 3. The van der Waals surface area contributed by atoms with E-state index in [0.717, 1.165) is 12.1 Å². The lowest BCUT2D eigenvalue weighted by Gasteiger charge is -2.20. The Morgan fingerprint density at radius 3 is 2.28 bits per heavy atom. The van der Waals surface area contributed by atoms with E-state index in [0.29, 0.717) is 15.9 Å². The molecule has 0 aliphatic rings. The molecule has 1 aromatic heterocycles. The highest BCUT2D eigenvalue weighted by molar-refractivity contribution is 6.00. The molecule has 224 valence electrons. The van der Waals surface area contributed by atoms with Gasteiger partial charge in [0, 0.05) is 22.9 Å². The molecule has 0 saturated heterocycles. The predicted octanol–water partition coefficient (Wildman–Crippen LogP) is 3.45. The highest BCUT2D eigenvalue weighted by Crippen LogP contribution is 2.35. The molecule has 0 aliphatic carbocycles. The number of amidine groups is 1. The number of halogens is 4. The van der Waals surface area contributed by atoms with Gasteiger partial charge in [-0.2, -0.15) is 17.9 Å². The molecule has 3 aromatic carbocycles. The van der Waals surface area contributed by atoms with Gasteiger partial charge >= 0.3 is 23.8 Å². The number of nitrogen functional groups attached to an aromatic ring is 1. The summed E-state index contributed by atoms with van der Waals surface area (Å²) in [5.74, 6) is -5.38. The number of esters is 2. The topological polar surface area (TPSA) is 174 Å². The summed E-state index contributed by atoms with van der Waals surface area (Å²) in [6.07, 6.45) is -5.44. The molecule has 0 spiro atoms. The van der Waals surface area contributed by atoms with Gasteiger partial charge in [0.2, 0.25) is 0 Å². The largest absolute Gasteiger partial charge is 0.493 e. The van der Waals surface area contributed by atoms with Crippen LogP contribution in [0.2, 0.25) is 0 Å². The van der Waals surface area contributed by atoms with Crippen LogP contribution < -0.4 is 26.2 Å². The molecule has 12 nitrogen and oxygen atoms in total. The molecule has 0 bridgehead atoms. The van der Waals surface area contributed by atoms with E-state index in [1.54, 1.807) is 12.1 Å². The lowest BCUT2D eigenvalue weighted by molar-refractivity contribution is -0.193. The van der Waals surface area contributed by atoms with Crippen molar-refractivity contribution in [1.29, 1.82) is 5.41 Å². The second-order valence-electron chi connectivity index (χ2n) is 8.72. The van der Waals surface area contributed by atoms with E-state index in [-0.39, 0.29) is 34.4 Å². The van der Waals surface area contributed by atoms with Gasteiger partial charge in [0.25, 0.3) is 0 Å². The Morgan fingerprint density at radius 1 is 1.05 bits per heavy atom.